The maximum atomic E-state index is 6.87. The Morgan fingerprint density at radius 2 is 0.875 bits per heavy atom. The van der Waals surface area contributed by atoms with Crippen LogP contribution in [-0.2, 0) is 0 Å². The predicted octanol–water partition coefficient (Wildman–Crippen LogP) is 6.45. The monoisotopic (exact) mass is 372 g/mol. The van der Waals surface area contributed by atoms with Crippen molar-refractivity contribution in [3.63, 3.8) is 0 Å². The van der Waals surface area contributed by atoms with Crippen LogP contribution in [0.5, 0.6) is 0 Å². The fourth-order valence-corrected chi connectivity index (χ4v) is 11.9. The second-order valence-corrected chi connectivity index (χ2v) is 15.3. The van der Waals surface area contributed by atoms with E-state index >= 15 is 0 Å². The Morgan fingerprint density at radius 3 is 1.12 bits per heavy atom. The van der Waals surface area contributed by atoms with Gasteiger partial charge in [-0.05, 0) is 27.2 Å². The van der Waals surface area contributed by atoms with E-state index in [0.29, 0.717) is 0 Å². The van der Waals surface area contributed by atoms with E-state index in [4.69, 9.17) is 10.7 Å². The van der Waals surface area contributed by atoms with Gasteiger partial charge in [-0.15, -0.1) is 0 Å². The van der Waals surface area contributed by atoms with Crippen LogP contribution in [0, 0.1) is 0 Å². The standard InChI is InChI=1S/C20H22BClS2/c1-23(2,22)21-24(18-12-6-3-7-13-18,19-14-8-4-9-15-19)20-16-10-5-11-17-20/h3-17,21H,1-2H3. The van der Waals surface area contributed by atoms with Gasteiger partial charge >= 0.3 is 0 Å². The van der Waals surface area contributed by atoms with Crippen LogP contribution >= 0.6 is 29.7 Å². The molecule has 0 aliphatic heterocycles. The fourth-order valence-electron chi connectivity index (χ4n) is 2.99. The largest absolute Gasteiger partial charge is 0.251 e. The molecular weight excluding hydrogens is 351 g/mol. The quantitative estimate of drug-likeness (QED) is 0.451. The van der Waals surface area contributed by atoms with Gasteiger partial charge in [0, 0.05) is 0 Å². The average molecular weight is 373 g/mol. The lowest BCUT2D eigenvalue weighted by atomic mass is 10.4. The van der Waals surface area contributed by atoms with Crippen LogP contribution in [0.2, 0.25) is 0 Å². The first kappa shape index (κ1) is 17.5. The van der Waals surface area contributed by atoms with E-state index in [1.165, 1.54) is 14.7 Å². The van der Waals surface area contributed by atoms with Crippen molar-refractivity contribution >= 4 is 35.5 Å². The SMILES string of the molecule is CS(C)(Cl)BS(c1ccccc1)(c1ccccc1)c1ccccc1. The van der Waals surface area contributed by atoms with Gasteiger partial charge in [0.25, 0.3) is 5.84 Å². The summed E-state index contributed by atoms with van der Waals surface area (Å²) in [4.78, 5) is 4.14. The van der Waals surface area contributed by atoms with Crippen molar-refractivity contribution in [3.05, 3.63) is 91.0 Å². The van der Waals surface area contributed by atoms with Crippen LogP contribution in [0.3, 0.4) is 0 Å². The number of halogens is 1. The summed E-state index contributed by atoms with van der Waals surface area (Å²) in [6.45, 7) is 0. The second-order valence-electron chi connectivity index (χ2n) is 6.20. The van der Waals surface area contributed by atoms with Gasteiger partial charge in [0.05, 0.1) is 0 Å². The highest BCUT2D eigenvalue weighted by molar-refractivity contribution is 8.84. The molecule has 4 heteroatoms. The number of hydrogen-bond donors (Lipinski definition) is 0. The molecule has 0 N–H and O–H groups in total. The lowest BCUT2D eigenvalue weighted by molar-refractivity contribution is 1.32. The van der Waals surface area contributed by atoms with Crippen LogP contribution in [0.1, 0.15) is 0 Å². The van der Waals surface area contributed by atoms with Crippen LogP contribution in [0.4, 0.5) is 0 Å². The van der Waals surface area contributed by atoms with E-state index in [1.54, 1.807) is 0 Å². The molecule has 3 rings (SSSR count). The molecule has 0 aliphatic rings. The first-order valence-corrected chi connectivity index (χ1v) is 13.1. The third kappa shape index (κ3) is 3.69. The molecule has 0 atom stereocenters. The minimum atomic E-state index is -1.39. The highest BCUT2D eigenvalue weighted by atomic mass is 35.7. The molecular formula is C20H22BClS2. The van der Waals surface area contributed by atoms with E-state index in [9.17, 15) is 0 Å². The molecule has 0 saturated carbocycles. The van der Waals surface area contributed by atoms with Gasteiger partial charge in [-0.25, -0.2) is 0 Å². The highest BCUT2D eigenvalue weighted by Gasteiger charge is 2.36. The lowest BCUT2D eigenvalue weighted by Crippen LogP contribution is -2.14. The molecule has 0 bridgehead atoms. The summed E-state index contributed by atoms with van der Waals surface area (Å²) in [6.07, 6.45) is 4.40. The molecule has 0 amide bonds. The van der Waals surface area contributed by atoms with Crippen molar-refractivity contribution < 1.29 is 0 Å². The fraction of sp³-hybridized carbons (Fsp3) is 0.100. The zero-order valence-electron chi connectivity index (χ0n) is 14.1. The molecule has 24 heavy (non-hydrogen) atoms. The van der Waals surface area contributed by atoms with E-state index in [0.717, 1.165) is 5.84 Å². The number of benzene rings is 3. The normalized spacial score (nSPS) is 13.3. The summed E-state index contributed by atoms with van der Waals surface area (Å²) in [7, 11) is 4.27. The molecule has 124 valence electrons. The van der Waals surface area contributed by atoms with Crippen LogP contribution in [-0.4, -0.2) is 18.3 Å². The summed E-state index contributed by atoms with van der Waals surface area (Å²) < 4.78 is 0. The van der Waals surface area contributed by atoms with Gasteiger partial charge in [0.15, 0.2) is 0 Å². The van der Waals surface area contributed by atoms with E-state index < -0.39 is 19.0 Å². The Morgan fingerprint density at radius 1 is 0.583 bits per heavy atom. The third-order valence-corrected chi connectivity index (χ3v) is 11.6. The third-order valence-electron chi connectivity index (χ3n) is 3.89. The Bertz CT molecular complexity index is 674. The summed E-state index contributed by atoms with van der Waals surface area (Å²) in [6, 6.07) is 32.7. The van der Waals surface area contributed by atoms with Crippen LogP contribution < -0.4 is 0 Å². The molecule has 3 aromatic rings. The lowest BCUT2D eigenvalue weighted by Gasteiger charge is -2.45. The molecule has 3 aromatic carbocycles. The number of hydrogen-bond acceptors (Lipinski definition) is 0. The molecule has 0 fully saturated rings. The first-order chi connectivity index (χ1) is 11.5. The van der Waals surface area contributed by atoms with Gasteiger partial charge in [0.1, 0.15) is 0 Å². The van der Waals surface area contributed by atoms with Crippen molar-refractivity contribution in [2.24, 2.45) is 0 Å². The van der Waals surface area contributed by atoms with E-state index in [-0.39, 0.29) is 0 Å². The topological polar surface area (TPSA) is 0 Å². The summed E-state index contributed by atoms with van der Waals surface area (Å²) in [5, 5.41) is 0. The smallest absolute Gasteiger partial charge is 0.191 e. The number of rotatable bonds is 5. The Labute approximate surface area is 153 Å². The zero-order chi connectivity index (χ0) is 17.0. The molecule has 0 heterocycles. The van der Waals surface area contributed by atoms with Crippen molar-refractivity contribution in [1.29, 1.82) is 0 Å². The average Bonchev–Trinajstić information content (AvgIpc) is 2.61. The first-order valence-electron chi connectivity index (χ1n) is 7.89. The summed E-state index contributed by atoms with van der Waals surface area (Å²) in [5.74, 6) is 0.986. The molecule has 0 saturated heterocycles. The second kappa shape index (κ2) is 7.31. The minimum Gasteiger partial charge on any atom is -0.191 e. The summed E-state index contributed by atoms with van der Waals surface area (Å²) in [5.41, 5.74) is 0. The molecule has 0 unspecified atom stereocenters. The van der Waals surface area contributed by atoms with Crippen molar-refractivity contribution in [3.8, 4) is 0 Å². The maximum absolute atomic E-state index is 6.87. The van der Waals surface area contributed by atoms with Crippen LogP contribution in [0.15, 0.2) is 106 Å². The van der Waals surface area contributed by atoms with Crippen molar-refractivity contribution in [2.75, 3.05) is 12.5 Å². The molecule has 0 radical (unpaired) electrons. The highest BCUT2D eigenvalue weighted by Crippen LogP contribution is 2.72. The van der Waals surface area contributed by atoms with Gasteiger partial charge in [-0.1, -0.05) is 102 Å². The van der Waals surface area contributed by atoms with E-state index in [1.807, 2.05) is 0 Å². The summed E-state index contributed by atoms with van der Waals surface area (Å²) >= 11 is 0. The van der Waals surface area contributed by atoms with Gasteiger partial charge in [0.2, 0.25) is 0 Å². The Kier molecular flexibility index (Phi) is 5.34. The maximum Gasteiger partial charge on any atom is 0.251 e. The van der Waals surface area contributed by atoms with Crippen LogP contribution in [0.25, 0.3) is 0 Å². The van der Waals surface area contributed by atoms with Crippen molar-refractivity contribution in [1.82, 2.24) is 0 Å². The van der Waals surface area contributed by atoms with Gasteiger partial charge in [-0.3, -0.25) is 0 Å². The van der Waals surface area contributed by atoms with Gasteiger partial charge in [-0.2, -0.15) is 19.0 Å². The van der Waals surface area contributed by atoms with Gasteiger partial charge < -0.3 is 0 Å². The minimum absolute atomic E-state index is 0.986. The molecule has 0 spiro atoms. The van der Waals surface area contributed by atoms with Crippen molar-refractivity contribution in [2.45, 2.75) is 14.7 Å². The molecule has 0 aromatic heterocycles. The predicted molar refractivity (Wildman–Crippen MR) is 114 cm³/mol. The molecule has 0 aliphatic carbocycles. The Balaban J connectivity index is 2.33. The van der Waals surface area contributed by atoms with E-state index in [2.05, 4.69) is 104 Å². The molecule has 0 nitrogen and oxygen atoms in total. The zero-order valence-corrected chi connectivity index (χ0v) is 16.5. The Hall–Kier alpha value is -1.29.